The Bertz CT molecular complexity index is 467. The van der Waals surface area contributed by atoms with E-state index in [4.69, 9.17) is 22.1 Å². The van der Waals surface area contributed by atoms with Crippen LogP contribution >= 0.6 is 11.6 Å². The minimum Gasteiger partial charge on any atom is -0.373 e. The first-order valence-corrected chi connectivity index (χ1v) is 6.74. The summed E-state index contributed by atoms with van der Waals surface area (Å²) < 4.78 is 5.74. The summed E-state index contributed by atoms with van der Waals surface area (Å²) >= 11 is 6.01. The van der Waals surface area contributed by atoms with Gasteiger partial charge in [-0.25, -0.2) is 0 Å². The lowest BCUT2D eigenvalue weighted by Crippen LogP contribution is -2.32. The zero-order valence-electron chi connectivity index (χ0n) is 10.5. The highest BCUT2D eigenvalue weighted by Crippen LogP contribution is 2.29. The van der Waals surface area contributed by atoms with Crippen LogP contribution in [0.15, 0.2) is 18.2 Å². The van der Waals surface area contributed by atoms with Gasteiger partial charge in [-0.3, -0.25) is 10.1 Å². The van der Waals surface area contributed by atoms with Gasteiger partial charge in [-0.15, -0.1) is 0 Å². The van der Waals surface area contributed by atoms with Gasteiger partial charge < -0.3 is 10.5 Å². The Hall–Kier alpha value is -1.17. The van der Waals surface area contributed by atoms with Crippen molar-refractivity contribution in [3.05, 3.63) is 38.9 Å². The lowest BCUT2D eigenvalue weighted by atomic mass is 9.93. The van der Waals surface area contributed by atoms with Crippen LogP contribution in [-0.4, -0.2) is 17.1 Å². The molecule has 0 saturated heterocycles. The Balaban J connectivity index is 2.04. The fourth-order valence-corrected chi connectivity index (χ4v) is 2.62. The van der Waals surface area contributed by atoms with E-state index in [9.17, 15) is 10.1 Å². The van der Waals surface area contributed by atoms with Crippen LogP contribution in [0.2, 0.25) is 5.02 Å². The van der Waals surface area contributed by atoms with Crippen molar-refractivity contribution in [3.8, 4) is 0 Å². The second-order valence-corrected chi connectivity index (χ2v) is 5.26. The maximum atomic E-state index is 10.9. The normalized spacial score (nSPS) is 23.3. The molecule has 2 atom stereocenters. The van der Waals surface area contributed by atoms with Gasteiger partial charge in [0.1, 0.15) is 0 Å². The van der Waals surface area contributed by atoms with Crippen LogP contribution < -0.4 is 5.73 Å². The van der Waals surface area contributed by atoms with Gasteiger partial charge in [-0.2, -0.15) is 0 Å². The molecule has 6 heteroatoms. The second-order valence-electron chi connectivity index (χ2n) is 4.85. The molecule has 0 bridgehead atoms. The van der Waals surface area contributed by atoms with E-state index in [0.717, 1.165) is 25.7 Å². The fraction of sp³-hybridized carbons (Fsp3) is 0.538. The van der Waals surface area contributed by atoms with Crippen molar-refractivity contribution in [2.45, 2.75) is 44.4 Å². The summed E-state index contributed by atoms with van der Waals surface area (Å²) in [6.45, 7) is 0.160. The number of halogens is 1. The Morgan fingerprint density at radius 3 is 2.95 bits per heavy atom. The van der Waals surface area contributed by atoms with E-state index in [2.05, 4.69) is 0 Å². The number of rotatable bonds is 4. The van der Waals surface area contributed by atoms with Crippen molar-refractivity contribution in [1.82, 2.24) is 0 Å². The quantitative estimate of drug-likeness (QED) is 0.681. The van der Waals surface area contributed by atoms with Gasteiger partial charge >= 0.3 is 0 Å². The molecule has 0 spiro atoms. The smallest absolute Gasteiger partial charge is 0.276 e. The van der Waals surface area contributed by atoms with Crippen molar-refractivity contribution in [2.24, 2.45) is 5.73 Å². The molecule has 0 aromatic heterocycles. The number of nitro groups is 1. The molecule has 0 heterocycles. The predicted molar refractivity (Wildman–Crippen MR) is 73.1 cm³/mol. The summed E-state index contributed by atoms with van der Waals surface area (Å²) in [5.74, 6) is 0. The fourth-order valence-electron chi connectivity index (χ4n) is 2.39. The van der Waals surface area contributed by atoms with Gasteiger partial charge in [-0.1, -0.05) is 17.7 Å². The maximum Gasteiger partial charge on any atom is 0.276 e. The molecule has 104 valence electrons. The van der Waals surface area contributed by atoms with Crippen molar-refractivity contribution in [3.63, 3.8) is 0 Å². The van der Waals surface area contributed by atoms with E-state index >= 15 is 0 Å². The lowest BCUT2D eigenvalue weighted by Gasteiger charge is -2.26. The Labute approximate surface area is 116 Å². The molecule has 1 fully saturated rings. The predicted octanol–water partition coefficient (Wildman–Crippen LogP) is 3.03. The minimum absolute atomic E-state index is 0.00704. The molecule has 1 aromatic carbocycles. The number of nitro benzene ring substituents is 1. The molecular weight excluding hydrogens is 268 g/mol. The summed E-state index contributed by atoms with van der Waals surface area (Å²) in [4.78, 5) is 10.5. The highest BCUT2D eigenvalue weighted by Gasteiger charge is 2.22. The van der Waals surface area contributed by atoms with Crippen LogP contribution in [0.3, 0.4) is 0 Å². The van der Waals surface area contributed by atoms with Crippen molar-refractivity contribution in [1.29, 1.82) is 0 Å². The standard InChI is InChI=1S/C13H17ClN2O3/c14-12-5-2-6-13(16(17)18)11(12)8-19-10-4-1-3-9(15)7-10/h2,5-6,9-10H,1,3-4,7-8,15H2. The van der Waals surface area contributed by atoms with Gasteiger partial charge in [0.2, 0.25) is 0 Å². The van der Waals surface area contributed by atoms with E-state index < -0.39 is 4.92 Å². The van der Waals surface area contributed by atoms with Gasteiger partial charge in [0, 0.05) is 12.1 Å². The Kier molecular flexibility index (Phi) is 4.74. The van der Waals surface area contributed by atoms with Gasteiger partial charge in [-0.05, 0) is 31.7 Å². The summed E-state index contributed by atoms with van der Waals surface area (Å²) in [6.07, 6.45) is 3.88. The Morgan fingerprint density at radius 1 is 1.47 bits per heavy atom. The molecule has 2 N–H and O–H groups in total. The highest BCUT2D eigenvalue weighted by molar-refractivity contribution is 6.31. The molecule has 1 aliphatic carbocycles. The van der Waals surface area contributed by atoms with E-state index in [0.29, 0.717) is 10.6 Å². The zero-order chi connectivity index (χ0) is 13.8. The first-order chi connectivity index (χ1) is 9.08. The number of hydrogen-bond donors (Lipinski definition) is 1. The van der Waals surface area contributed by atoms with Crippen LogP contribution in [-0.2, 0) is 11.3 Å². The van der Waals surface area contributed by atoms with Crippen molar-refractivity contribution >= 4 is 17.3 Å². The van der Waals surface area contributed by atoms with Crippen molar-refractivity contribution < 1.29 is 9.66 Å². The first kappa shape index (κ1) is 14.2. The largest absolute Gasteiger partial charge is 0.373 e. The third-order valence-corrected chi connectivity index (χ3v) is 3.77. The number of nitrogens with zero attached hydrogens (tertiary/aromatic N) is 1. The van der Waals surface area contributed by atoms with Gasteiger partial charge in [0.15, 0.2) is 0 Å². The third kappa shape index (κ3) is 3.65. The number of nitrogens with two attached hydrogens (primary N) is 1. The number of hydrogen-bond acceptors (Lipinski definition) is 4. The summed E-state index contributed by atoms with van der Waals surface area (Å²) in [5.41, 5.74) is 6.33. The SMILES string of the molecule is NC1CCCC(OCc2c(Cl)cccc2[N+](=O)[O-])C1. The molecule has 0 amide bonds. The van der Waals surface area contributed by atoms with Crippen LogP contribution in [0, 0.1) is 10.1 Å². The molecule has 1 saturated carbocycles. The van der Waals surface area contributed by atoms with Crippen LogP contribution in [0.4, 0.5) is 5.69 Å². The third-order valence-electron chi connectivity index (χ3n) is 3.42. The average molecular weight is 285 g/mol. The molecule has 2 unspecified atom stereocenters. The van der Waals surface area contributed by atoms with Crippen LogP contribution in [0.1, 0.15) is 31.2 Å². The molecule has 2 rings (SSSR count). The minimum atomic E-state index is -0.433. The maximum absolute atomic E-state index is 10.9. The average Bonchev–Trinajstić information content (AvgIpc) is 2.37. The molecule has 5 nitrogen and oxygen atoms in total. The number of benzene rings is 1. The number of ether oxygens (including phenoxy) is 1. The van der Waals surface area contributed by atoms with Crippen LogP contribution in [0.5, 0.6) is 0 Å². The summed E-state index contributed by atoms with van der Waals surface area (Å²) in [5, 5.41) is 11.3. The zero-order valence-corrected chi connectivity index (χ0v) is 11.3. The molecule has 19 heavy (non-hydrogen) atoms. The van der Waals surface area contributed by atoms with E-state index in [1.807, 2.05) is 0 Å². The molecule has 0 aliphatic heterocycles. The molecule has 1 aliphatic rings. The van der Waals surface area contributed by atoms with Gasteiger partial charge in [0.25, 0.3) is 5.69 Å². The van der Waals surface area contributed by atoms with Crippen molar-refractivity contribution in [2.75, 3.05) is 0 Å². The highest BCUT2D eigenvalue weighted by atomic mass is 35.5. The topological polar surface area (TPSA) is 78.4 Å². The van der Waals surface area contributed by atoms with E-state index in [1.165, 1.54) is 6.07 Å². The van der Waals surface area contributed by atoms with Gasteiger partial charge in [0.05, 0.1) is 28.2 Å². The van der Waals surface area contributed by atoms with Crippen LogP contribution in [0.25, 0.3) is 0 Å². The second kappa shape index (κ2) is 6.32. The monoisotopic (exact) mass is 284 g/mol. The van der Waals surface area contributed by atoms with E-state index in [-0.39, 0.29) is 24.4 Å². The summed E-state index contributed by atoms with van der Waals surface area (Å²) in [6, 6.07) is 4.82. The first-order valence-electron chi connectivity index (χ1n) is 6.37. The Morgan fingerprint density at radius 2 is 2.26 bits per heavy atom. The molecule has 1 aromatic rings. The summed E-state index contributed by atoms with van der Waals surface area (Å²) in [7, 11) is 0. The molecular formula is C13H17ClN2O3. The van der Waals surface area contributed by atoms with E-state index in [1.54, 1.807) is 12.1 Å². The lowest BCUT2D eigenvalue weighted by molar-refractivity contribution is -0.386. The molecule has 0 radical (unpaired) electrons.